The number of benzene rings is 1. The largest absolute Gasteiger partial charge is 0.475 e. The number of anilines is 2. The van der Waals surface area contributed by atoms with Crippen LogP contribution in [0.5, 0.6) is 0 Å². The van der Waals surface area contributed by atoms with Gasteiger partial charge >= 0.3 is 5.97 Å². The zero-order valence-electron chi connectivity index (χ0n) is 11.2. The molecule has 1 aromatic carbocycles. The first-order valence-corrected chi connectivity index (χ1v) is 6.52. The first kappa shape index (κ1) is 12.6. The highest BCUT2D eigenvalue weighted by molar-refractivity contribution is 5.84. The van der Waals surface area contributed by atoms with E-state index in [1.54, 1.807) is 6.07 Å². The first-order valence-electron chi connectivity index (χ1n) is 6.52. The molecule has 0 amide bonds. The Balaban J connectivity index is 1.84. The third kappa shape index (κ3) is 2.22. The van der Waals surface area contributed by atoms with E-state index in [2.05, 4.69) is 29.0 Å². The van der Waals surface area contributed by atoms with Crippen molar-refractivity contribution in [2.45, 2.75) is 6.54 Å². The van der Waals surface area contributed by atoms with Crippen LogP contribution >= 0.6 is 0 Å². The molecule has 0 radical (unpaired) electrons. The third-order valence-electron chi connectivity index (χ3n) is 3.56. The zero-order valence-corrected chi connectivity index (χ0v) is 11.2. The molecule has 1 aromatic heterocycles. The summed E-state index contributed by atoms with van der Waals surface area (Å²) in [6.45, 7) is 2.40. The molecular formula is C15H16N2O3. The fraction of sp³-hybridized carbons (Fsp3) is 0.267. The summed E-state index contributed by atoms with van der Waals surface area (Å²) < 4.78 is 5.33. The summed E-state index contributed by atoms with van der Waals surface area (Å²) in [7, 11) is 2.07. The number of carboxylic acid groups (broad SMARTS) is 1. The van der Waals surface area contributed by atoms with Gasteiger partial charge in [0.1, 0.15) is 5.76 Å². The van der Waals surface area contributed by atoms with Crippen LogP contribution in [0.25, 0.3) is 0 Å². The Morgan fingerprint density at radius 2 is 1.95 bits per heavy atom. The van der Waals surface area contributed by atoms with Gasteiger partial charge in [-0.25, -0.2) is 4.79 Å². The van der Waals surface area contributed by atoms with Crippen LogP contribution in [0.1, 0.15) is 16.3 Å². The van der Waals surface area contributed by atoms with Crippen LogP contribution in [0.15, 0.2) is 40.8 Å². The molecule has 0 unspecified atom stereocenters. The highest BCUT2D eigenvalue weighted by Crippen LogP contribution is 2.32. The lowest BCUT2D eigenvalue weighted by Gasteiger charge is -2.36. The van der Waals surface area contributed by atoms with Crippen molar-refractivity contribution >= 4 is 17.3 Å². The van der Waals surface area contributed by atoms with E-state index in [0.29, 0.717) is 12.3 Å². The van der Waals surface area contributed by atoms with Crippen molar-refractivity contribution in [2.24, 2.45) is 0 Å². The van der Waals surface area contributed by atoms with Gasteiger partial charge in [0.2, 0.25) is 5.76 Å². The molecule has 2 aromatic rings. The van der Waals surface area contributed by atoms with Crippen molar-refractivity contribution in [1.82, 2.24) is 0 Å². The predicted octanol–water partition coefficient (Wildman–Crippen LogP) is 2.43. The molecule has 0 aliphatic carbocycles. The molecule has 104 valence electrons. The Hall–Kier alpha value is -2.43. The Morgan fingerprint density at radius 3 is 2.65 bits per heavy atom. The van der Waals surface area contributed by atoms with Crippen LogP contribution < -0.4 is 9.80 Å². The molecule has 2 heterocycles. The number of rotatable bonds is 3. The van der Waals surface area contributed by atoms with Crippen LogP contribution in [-0.4, -0.2) is 31.2 Å². The van der Waals surface area contributed by atoms with E-state index >= 15 is 0 Å². The second-order valence-electron chi connectivity index (χ2n) is 4.90. The molecule has 0 saturated carbocycles. The number of carboxylic acids is 1. The Kier molecular flexibility index (Phi) is 3.10. The highest BCUT2D eigenvalue weighted by atomic mass is 16.4. The van der Waals surface area contributed by atoms with Gasteiger partial charge in [0.25, 0.3) is 0 Å². The summed E-state index contributed by atoms with van der Waals surface area (Å²) in [5.74, 6) is -0.376. The van der Waals surface area contributed by atoms with Gasteiger partial charge < -0.3 is 19.3 Å². The molecule has 1 aliphatic rings. The summed E-state index contributed by atoms with van der Waals surface area (Å²) in [6, 6.07) is 11.4. The van der Waals surface area contributed by atoms with Crippen molar-refractivity contribution in [2.75, 3.05) is 29.9 Å². The lowest BCUT2D eigenvalue weighted by Crippen LogP contribution is -2.38. The molecule has 20 heavy (non-hydrogen) atoms. The van der Waals surface area contributed by atoms with E-state index in [0.717, 1.165) is 18.8 Å². The van der Waals surface area contributed by atoms with Crippen molar-refractivity contribution < 1.29 is 14.3 Å². The van der Waals surface area contributed by atoms with Crippen molar-refractivity contribution in [3.8, 4) is 0 Å². The normalized spacial score (nSPS) is 14.2. The summed E-state index contributed by atoms with van der Waals surface area (Å²) >= 11 is 0. The summed E-state index contributed by atoms with van der Waals surface area (Å²) in [5, 5.41) is 8.88. The lowest BCUT2D eigenvalue weighted by atomic mass is 10.1. The van der Waals surface area contributed by atoms with Gasteiger partial charge in [-0.1, -0.05) is 12.1 Å². The molecule has 0 saturated heterocycles. The number of hydrogen-bond acceptors (Lipinski definition) is 4. The van der Waals surface area contributed by atoms with E-state index in [9.17, 15) is 4.79 Å². The van der Waals surface area contributed by atoms with Crippen LogP contribution in [0.3, 0.4) is 0 Å². The summed E-state index contributed by atoms with van der Waals surface area (Å²) in [6.07, 6.45) is 0. The smallest absolute Gasteiger partial charge is 0.371 e. The maximum Gasteiger partial charge on any atom is 0.371 e. The number of carbonyl (C=O) groups is 1. The van der Waals surface area contributed by atoms with Crippen LogP contribution in [-0.2, 0) is 6.54 Å². The second kappa shape index (κ2) is 4.92. The Labute approximate surface area is 117 Å². The molecule has 0 atom stereocenters. The Bertz CT molecular complexity index is 636. The van der Waals surface area contributed by atoms with E-state index < -0.39 is 5.97 Å². The topological polar surface area (TPSA) is 56.9 Å². The van der Waals surface area contributed by atoms with Gasteiger partial charge in [0, 0.05) is 20.1 Å². The quantitative estimate of drug-likeness (QED) is 0.930. The number of likely N-dealkylation sites (N-methyl/N-ethyl adjacent to an activating group) is 1. The van der Waals surface area contributed by atoms with Crippen LogP contribution in [0.2, 0.25) is 0 Å². The monoisotopic (exact) mass is 272 g/mol. The number of nitrogens with zero attached hydrogens (tertiary/aromatic N) is 2. The maximum atomic E-state index is 10.8. The fourth-order valence-corrected chi connectivity index (χ4v) is 2.50. The first-order chi connectivity index (χ1) is 9.65. The summed E-state index contributed by atoms with van der Waals surface area (Å²) in [5.41, 5.74) is 2.33. The van der Waals surface area contributed by atoms with Gasteiger partial charge in [-0.15, -0.1) is 0 Å². The number of furan rings is 1. The average molecular weight is 272 g/mol. The summed E-state index contributed by atoms with van der Waals surface area (Å²) in [4.78, 5) is 15.3. The van der Waals surface area contributed by atoms with E-state index in [1.165, 1.54) is 11.8 Å². The molecule has 1 aliphatic heterocycles. The third-order valence-corrected chi connectivity index (χ3v) is 3.56. The zero-order chi connectivity index (χ0) is 14.1. The molecule has 5 heteroatoms. The van der Waals surface area contributed by atoms with Gasteiger partial charge in [0.05, 0.1) is 17.9 Å². The van der Waals surface area contributed by atoms with Gasteiger partial charge in [-0.05, 0) is 24.3 Å². The molecule has 0 spiro atoms. The van der Waals surface area contributed by atoms with E-state index in [-0.39, 0.29) is 5.76 Å². The standard InChI is InChI=1S/C15H16N2O3/c1-16-8-9-17(13-5-3-2-4-12(13)16)10-11-6-7-14(20-11)15(18)19/h2-7H,8-10H2,1H3,(H,18,19). The van der Waals surface area contributed by atoms with Crippen LogP contribution in [0, 0.1) is 0 Å². The number of aromatic carboxylic acids is 1. The van der Waals surface area contributed by atoms with Gasteiger partial charge in [0.15, 0.2) is 0 Å². The number of para-hydroxylation sites is 2. The van der Waals surface area contributed by atoms with Crippen molar-refractivity contribution in [3.05, 3.63) is 47.9 Å². The maximum absolute atomic E-state index is 10.8. The van der Waals surface area contributed by atoms with Crippen LogP contribution in [0.4, 0.5) is 11.4 Å². The predicted molar refractivity (Wildman–Crippen MR) is 76.4 cm³/mol. The SMILES string of the molecule is CN1CCN(Cc2ccc(C(=O)O)o2)c2ccccc21. The number of hydrogen-bond donors (Lipinski definition) is 1. The fourth-order valence-electron chi connectivity index (χ4n) is 2.50. The van der Waals surface area contributed by atoms with E-state index in [4.69, 9.17) is 9.52 Å². The van der Waals surface area contributed by atoms with Gasteiger partial charge in [-0.2, -0.15) is 0 Å². The molecule has 1 N–H and O–H groups in total. The highest BCUT2D eigenvalue weighted by Gasteiger charge is 2.21. The van der Waals surface area contributed by atoms with Gasteiger partial charge in [-0.3, -0.25) is 0 Å². The molecule has 0 fully saturated rings. The molecule has 0 bridgehead atoms. The number of fused-ring (bicyclic) bond motifs is 1. The second-order valence-corrected chi connectivity index (χ2v) is 4.90. The minimum absolute atomic E-state index is 0.0117. The van der Waals surface area contributed by atoms with Crippen molar-refractivity contribution in [1.29, 1.82) is 0 Å². The average Bonchev–Trinajstić information content (AvgIpc) is 2.91. The van der Waals surface area contributed by atoms with E-state index in [1.807, 2.05) is 12.1 Å². The molecule has 3 rings (SSSR count). The lowest BCUT2D eigenvalue weighted by molar-refractivity contribution is 0.0660. The molecular weight excluding hydrogens is 256 g/mol. The molecule has 5 nitrogen and oxygen atoms in total. The minimum atomic E-state index is -1.03. The van der Waals surface area contributed by atoms with Crippen molar-refractivity contribution in [3.63, 3.8) is 0 Å². The minimum Gasteiger partial charge on any atom is -0.475 e. The Morgan fingerprint density at radius 1 is 1.20 bits per heavy atom.